The van der Waals surface area contributed by atoms with Gasteiger partial charge in [0.05, 0.1) is 17.8 Å². The molecule has 6 nitrogen and oxygen atoms in total. The molecule has 1 aliphatic rings. The number of ether oxygens (including phenoxy) is 2. The highest BCUT2D eigenvalue weighted by Gasteiger charge is 2.29. The number of rotatable bonds is 8. The lowest BCUT2D eigenvalue weighted by molar-refractivity contribution is -0.122. The summed E-state index contributed by atoms with van der Waals surface area (Å²) in [7, 11) is 0. The molecule has 6 heteroatoms. The quantitative estimate of drug-likeness (QED) is 0.737. The van der Waals surface area contributed by atoms with Crippen LogP contribution >= 0.6 is 0 Å². The minimum atomic E-state index is 0.135. The zero-order valence-electron chi connectivity index (χ0n) is 14.9. The van der Waals surface area contributed by atoms with Crippen molar-refractivity contribution in [2.45, 2.75) is 39.5 Å². The molecule has 1 aromatic heterocycles. The van der Waals surface area contributed by atoms with Gasteiger partial charge in [0.15, 0.2) is 0 Å². The number of nitrogens with zero attached hydrogens (tertiary/aromatic N) is 1. The average Bonchev–Trinajstić information content (AvgIpc) is 3.38. The molecular weight excluding hydrogens is 320 g/mol. The molecule has 0 bridgehead atoms. The third-order valence-corrected chi connectivity index (χ3v) is 4.12. The predicted octanol–water partition coefficient (Wildman–Crippen LogP) is 3.80. The number of aromatic nitrogens is 1. The van der Waals surface area contributed by atoms with Crippen LogP contribution in [0.15, 0.2) is 28.8 Å². The lowest BCUT2D eigenvalue weighted by Gasteiger charge is -2.08. The van der Waals surface area contributed by atoms with Crippen molar-refractivity contribution >= 4 is 5.91 Å². The second kappa shape index (κ2) is 7.59. The fourth-order valence-corrected chi connectivity index (χ4v) is 2.51. The second-order valence-corrected chi connectivity index (χ2v) is 6.62. The van der Waals surface area contributed by atoms with E-state index in [-0.39, 0.29) is 17.7 Å². The number of hydrogen-bond donors (Lipinski definition) is 1. The highest BCUT2D eigenvalue weighted by molar-refractivity contribution is 5.80. The van der Waals surface area contributed by atoms with Crippen molar-refractivity contribution in [3.8, 4) is 17.4 Å². The van der Waals surface area contributed by atoms with Crippen molar-refractivity contribution in [1.82, 2.24) is 10.5 Å². The van der Waals surface area contributed by atoms with Crippen LogP contribution in [0, 0.1) is 12.8 Å². The monoisotopic (exact) mass is 344 g/mol. The summed E-state index contributed by atoms with van der Waals surface area (Å²) in [6.07, 6.45) is 2.02. The van der Waals surface area contributed by atoms with Gasteiger partial charge in [0.25, 0.3) is 0 Å². The number of benzene rings is 1. The molecule has 0 radical (unpaired) electrons. The van der Waals surface area contributed by atoms with E-state index in [1.54, 1.807) is 0 Å². The first kappa shape index (κ1) is 17.3. The molecule has 1 saturated carbocycles. The van der Waals surface area contributed by atoms with Gasteiger partial charge in [0, 0.05) is 5.92 Å². The topological polar surface area (TPSA) is 73.6 Å². The van der Waals surface area contributed by atoms with Gasteiger partial charge >= 0.3 is 5.95 Å². The summed E-state index contributed by atoms with van der Waals surface area (Å²) in [5.41, 5.74) is 1.82. The van der Waals surface area contributed by atoms with Crippen LogP contribution in [-0.4, -0.2) is 24.2 Å². The Kier molecular flexibility index (Phi) is 5.26. The Morgan fingerprint density at radius 3 is 2.56 bits per heavy atom. The van der Waals surface area contributed by atoms with Crippen LogP contribution in [0.4, 0.5) is 0 Å². The van der Waals surface area contributed by atoms with Crippen molar-refractivity contribution in [2.24, 2.45) is 5.92 Å². The summed E-state index contributed by atoms with van der Waals surface area (Å²) in [4.78, 5) is 11.5. The maximum atomic E-state index is 11.5. The molecule has 134 valence electrons. The number of nitrogens with one attached hydrogen (secondary N) is 1. The zero-order valence-corrected chi connectivity index (χ0v) is 14.9. The lowest BCUT2D eigenvalue weighted by atomic mass is 10.1. The smallest absolute Gasteiger partial charge is 0.319 e. The van der Waals surface area contributed by atoms with Gasteiger partial charge in [0.1, 0.15) is 18.1 Å². The molecule has 1 aliphatic carbocycles. The van der Waals surface area contributed by atoms with Crippen LogP contribution in [-0.2, 0) is 4.79 Å². The first-order valence-electron chi connectivity index (χ1n) is 8.69. The van der Waals surface area contributed by atoms with Gasteiger partial charge in [-0.3, -0.25) is 4.79 Å². The van der Waals surface area contributed by atoms with Gasteiger partial charge in [0.2, 0.25) is 5.91 Å². The molecule has 0 aliphatic heterocycles. The third-order valence-electron chi connectivity index (χ3n) is 4.12. The number of carbonyl (C=O) groups is 1. The molecule has 1 N–H and O–H groups in total. The molecule has 1 aromatic carbocycles. The molecule has 0 spiro atoms. The molecule has 2 aromatic rings. The van der Waals surface area contributed by atoms with E-state index in [1.807, 2.05) is 31.2 Å². The Labute approximate surface area is 147 Å². The van der Waals surface area contributed by atoms with Crippen molar-refractivity contribution in [3.05, 3.63) is 35.5 Å². The summed E-state index contributed by atoms with van der Waals surface area (Å²) in [6, 6.07) is 7.28. The molecule has 1 fully saturated rings. The highest BCUT2D eigenvalue weighted by Crippen LogP contribution is 2.31. The maximum absolute atomic E-state index is 11.5. The van der Waals surface area contributed by atoms with Gasteiger partial charge < -0.3 is 19.3 Å². The normalized spacial score (nSPS) is 13.8. The number of hydrogen-bond acceptors (Lipinski definition) is 5. The van der Waals surface area contributed by atoms with E-state index in [0.717, 1.165) is 29.8 Å². The number of carbonyl (C=O) groups excluding carboxylic acids is 1. The molecule has 3 rings (SSSR count). The average molecular weight is 344 g/mol. The minimum absolute atomic E-state index is 0.135. The van der Waals surface area contributed by atoms with Crippen LogP contribution < -0.4 is 14.8 Å². The van der Waals surface area contributed by atoms with Crippen molar-refractivity contribution in [2.75, 3.05) is 13.2 Å². The summed E-state index contributed by atoms with van der Waals surface area (Å²) in [6.45, 7) is 7.02. The summed E-state index contributed by atoms with van der Waals surface area (Å²) < 4.78 is 16.6. The molecule has 0 unspecified atom stereocenters. The molecule has 0 saturated heterocycles. The SMILES string of the molecule is Cc1c(C(C)C)noc1Oc1ccc(OCCNC(=O)C2CC2)cc1. The standard InChI is InChI=1S/C19H24N2O4/c1-12(2)17-13(3)19(25-21-17)24-16-8-6-15(7-9-16)23-11-10-20-18(22)14-4-5-14/h6-9,12,14H,4-5,10-11H2,1-3H3,(H,20,22). The Bertz CT molecular complexity index is 718. The zero-order chi connectivity index (χ0) is 17.8. The first-order valence-corrected chi connectivity index (χ1v) is 8.69. The van der Waals surface area contributed by atoms with E-state index in [0.29, 0.717) is 24.8 Å². The van der Waals surface area contributed by atoms with Gasteiger partial charge in [-0.15, -0.1) is 0 Å². The van der Waals surface area contributed by atoms with Crippen LogP contribution in [0.1, 0.15) is 43.9 Å². The second-order valence-electron chi connectivity index (χ2n) is 6.62. The van der Waals surface area contributed by atoms with Crippen LogP contribution in [0.25, 0.3) is 0 Å². The van der Waals surface area contributed by atoms with Crippen molar-refractivity contribution in [3.63, 3.8) is 0 Å². The third kappa shape index (κ3) is 4.53. The van der Waals surface area contributed by atoms with E-state index in [2.05, 4.69) is 24.3 Å². The highest BCUT2D eigenvalue weighted by atomic mass is 16.6. The van der Waals surface area contributed by atoms with Crippen molar-refractivity contribution < 1.29 is 18.8 Å². The summed E-state index contributed by atoms with van der Waals surface area (Å²) in [5.74, 6) is 2.45. The minimum Gasteiger partial charge on any atom is -0.492 e. The molecule has 0 atom stereocenters. The van der Waals surface area contributed by atoms with E-state index in [9.17, 15) is 4.79 Å². The van der Waals surface area contributed by atoms with E-state index in [4.69, 9.17) is 14.0 Å². The van der Waals surface area contributed by atoms with E-state index in [1.165, 1.54) is 0 Å². The molecule has 25 heavy (non-hydrogen) atoms. The fourth-order valence-electron chi connectivity index (χ4n) is 2.51. The molecule has 1 heterocycles. The van der Waals surface area contributed by atoms with E-state index >= 15 is 0 Å². The van der Waals surface area contributed by atoms with Gasteiger partial charge in [-0.2, -0.15) is 0 Å². The van der Waals surface area contributed by atoms with Gasteiger partial charge in [-0.1, -0.05) is 19.0 Å². The first-order chi connectivity index (χ1) is 12.0. The van der Waals surface area contributed by atoms with Crippen LogP contribution in [0.3, 0.4) is 0 Å². The fraction of sp³-hybridized carbons (Fsp3) is 0.474. The Balaban J connectivity index is 1.47. The Morgan fingerprint density at radius 1 is 1.28 bits per heavy atom. The Hall–Kier alpha value is -2.50. The maximum Gasteiger partial charge on any atom is 0.319 e. The molecule has 1 amide bonds. The van der Waals surface area contributed by atoms with Gasteiger partial charge in [-0.05, 0) is 49.9 Å². The number of amides is 1. The van der Waals surface area contributed by atoms with Crippen LogP contribution in [0.5, 0.6) is 17.4 Å². The Morgan fingerprint density at radius 2 is 1.96 bits per heavy atom. The van der Waals surface area contributed by atoms with Crippen molar-refractivity contribution in [1.29, 1.82) is 0 Å². The summed E-state index contributed by atoms with van der Waals surface area (Å²) in [5, 5.41) is 6.92. The molecular formula is C19H24N2O4. The predicted molar refractivity (Wildman–Crippen MR) is 93.1 cm³/mol. The lowest BCUT2D eigenvalue weighted by Crippen LogP contribution is -2.29. The largest absolute Gasteiger partial charge is 0.492 e. The van der Waals surface area contributed by atoms with Gasteiger partial charge in [-0.25, -0.2) is 0 Å². The summed E-state index contributed by atoms with van der Waals surface area (Å²) >= 11 is 0. The van der Waals surface area contributed by atoms with Crippen LogP contribution in [0.2, 0.25) is 0 Å². The van der Waals surface area contributed by atoms with E-state index < -0.39 is 0 Å².